The molecule has 2 aromatic rings. The minimum atomic E-state index is -4.51. The minimum absolute atomic E-state index is 0.198. The number of hydrogen-bond donors (Lipinski definition) is 0. The molecule has 0 unspecified atom stereocenters. The van der Waals surface area contributed by atoms with Crippen LogP contribution in [0.1, 0.15) is 28.8 Å². The van der Waals surface area contributed by atoms with Crippen LogP contribution in [0.2, 0.25) is 0 Å². The summed E-state index contributed by atoms with van der Waals surface area (Å²) in [6, 6.07) is 3.75. The maximum atomic E-state index is 12.8. The van der Waals surface area contributed by atoms with Gasteiger partial charge in [-0.25, -0.2) is 9.97 Å². The molecule has 2 rings (SSSR count). The van der Waals surface area contributed by atoms with Gasteiger partial charge in [0.15, 0.2) is 11.6 Å². The first-order chi connectivity index (χ1) is 8.30. The van der Waals surface area contributed by atoms with E-state index in [1.54, 1.807) is 6.92 Å². The van der Waals surface area contributed by atoms with E-state index in [0.29, 0.717) is 11.1 Å². The third-order valence-corrected chi connectivity index (χ3v) is 2.54. The summed E-state index contributed by atoms with van der Waals surface area (Å²) in [6.07, 6.45) is -4.51. The summed E-state index contributed by atoms with van der Waals surface area (Å²) in [4.78, 5) is 18.8. The van der Waals surface area contributed by atoms with Gasteiger partial charge in [-0.3, -0.25) is 4.79 Å². The molecule has 0 amide bonds. The molecule has 0 aliphatic carbocycles. The van der Waals surface area contributed by atoms with Crippen molar-refractivity contribution < 1.29 is 18.0 Å². The van der Waals surface area contributed by atoms with E-state index in [0.717, 1.165) is 6.07 Å². The van der Waals surface area contributed by atoms with Gasteiger partial charge >= 0.3 is 6.18 Å². The first-order valence-corrected chi connectivity index (χ1v) is 5.16. The monoisotopic (exact) mass is 254 g/mol. The molecule has 3 nitrogen and oxygen atoms in total. The number of Topliss-reactive ketones (excluding diaryl/α,β-unsaturated/α-hetero) is 1. The van der Waals surface area contributed by atoms with Crippen molar-refractivity contribution in [3.8, 4) is 0 Å². The third-order valence-electron chi connectivity index (χ3n) is 2.54. The molecule has 0 N–H and O–H groups in total. The lowest BCUT2D eigenvalue weighted by atomic mass is 10.1. The number of rotatable bonds is 1. The number of carbonyl (C=O) groups is 1. The summed E-state index contributed by atoms with van der Waals surface area (Å²) >= 11 is 0. The van der Waals surface area contributed by atoms with Crippen molar-refractivity contribution >= 4 is 16.7 Å². The van der Waals surface area contributed by atoms with Crippen molar-refractivity contribution in [3.05, 3.63) is 35.3 Å². The van der Waals surface area contributed by atoms with Crippen LogP contribution in [-0.4, -0.2) is 15.8 Å². The molecule has 6 heteroatoms. The van der Waals surface area contributed by atoms with E-state index in [-0.39, 0.29) is 11.3 Å². The maximum absolute atomic E-state index is 12.8. The molecule has 0 fully saturated rings. The van der Waals surface area contributed by atoms with Crippen LogP contribution >= 0.6 is 0 Å². The zero-order chi connectivity index (χ0) is 13.5. The lowest BCUT2D eigenvalue weighted by Gasteiger charge is -2.11. The number of para-hydroxylation sites is 1. The Kier molecular flexibility index (Phi) is 2.80. The third kappa shape index (κ3) is 2.05. The van der Waals surface area contributed by atoms with E-state index >= 15 is 0 Å². The first kappa shape index (κ1) is 12.5. The Morgan fingerprint density at radius 1 is 1.22 bits per heavy atom. The largest absolute Gasteiger partial charge is 0.418 e. The number of benzene rings is 1. The highest BCUT2D eigenvalue weighted by atomic mass is 19.4. The number of aromatic nitrogens is 2. The van der Waals surface area contributed by atoms with E-state index in [1.807, 2.05) is 0 Å². The number of hydrogen-bond acceptors (Lipinski definition) is 3. The molecular formula is C12H9F3N2O. The molecule has 0 spiro atoms. The Bertz CT molecular complexity index is 635. The maximum Gasteiger partial charge on any atom is 0.418 e. The molecule has 94 valence electrons. The molecule has 0 radical (unpaired) electrons. The van der Waals surface area contributed by atoms with Gasteiger partial charge in [0.1, 0.15) is 0 Å². The summed E-state index contributed by atoms with van der Waals surface area (Å²) in [6.45, 7) is 2.77. The van der Waals surface area contributed by atoms with Gasteiger partial charge in [0.25, 0.3) is 0 Å². The van der Waals surface area contributed by atoms with Crippen LogP contribution in [0.3, 0.4) is 0 Å². The van der Waals surface area contributed by atoms with Crippen molar-refractivity contribution in [3.63, 3.8) is 0 Å². The normalized spacial score (nSPS) is 11.8. The second-order valence-electron chi connectivity index (χ2n) is 3.89. The molecule has 0 aliphatic rings. The van der Waals surface area contributed by atoms with Crippen molar-refractivity contribution in [2.75, 3.05) is 0 Å². The van der Waals surface area contributed by atoms with Gasteiger partial charge in [-0.1, -0.05) is 12.1 Å². The highest BCUT2D eigenvalue weighted by molar-refractivity contribution is 5.94. The Morgan fingerprint density at radius 3 is 2.44 bits per heavy atom. The average molecular weight is 254 g/mol. The van der Waals surface area contributed by atoms with Crippen LogP contribution in [0.4, 0.5) is 13.2 Å². The van der Waals surface area contributed by atoms with Gasteiger partial charge < -0.3 is 0 Å². The smallest absolute Gasteiger partial charge is 0.291 e. The zero-order valence-electron chi connectivity index (χ0n) is 9.67. The summed E-state index contributed by atoms with van der Waals surface area (Å²) in [5, 5.41) is 0.301. The quantitative estimate of drug-likeness (QED) is 0.734. The fourth-order valence-corrected chi connectivity index (χ4v) is 1.69. The minimum Gasteiger partial charge on any atom is -0.291 e. The van der Waals surface area contributed by atoms with Crippen LogP contribution in [-0.2, 0) is 6.18 Å². The van der Waals surface area contributed by atoms with Crippen LogP contribution in [0.25, 0.3) is 10.9 Å². The van der Waals surface area contributed by atoms with Gasteiger partial charge in [0.2, 0.25) is 0 Å². The van der Waals surface area contributed by atoms with E-state index in [4.69, 9.17) is 0 Å². The van der Waals surface area contributed by atoms with E-state index in [1.165, 1.54) is 19.1 Å². The number of alkyl halides is 3. The Balaban J connectivity index is 2.86. The number of ketones is 1. The summed E-state index contributed by atoms with van der Waals surface area (Å²) in [7, 11) is 0. The first-order valence-electron chi connectivity index (χ1n) is 5.16. The van der Waals surface area contributed by atoms with Gasteiger partial charge in [-0.15, -0.1) is 0 Å². The number of carbonyl (C=O) groups excluding carboxylic acids is 1. The molecule has 18 heavy (non-hydrogen) atoms. The fraction of sp³-hybridized carbons (Fsp3) is 0.250. The van der Waals surface area contributed by atoms with Crippen molar-refractivity contribution in [2.45, 2.75) is 20.0 Å². The van der Waals surface area contributed by atoms with Gasteiger partial charge in [-0.2, -0.15) is 13.2 Å². The second kappa shape index (κ2) is 4.04. The zero-order valence-corrected chi connectivity index (χ0v) is 9.67. The topological polar surface area (TPSA) is 42.9 Å². The van der Waals surface area contributed by atoms with Crippen LogP contribution in [0.15, 0.2) is 18.2 Å². The van der Waals surface area contributed by atoms with Crippen LogP contribution in [0.5, 0.6) is 0 Å². The predicted octanol–water partition coefficient (Wildman–Crippen LogP) is 3.16. The molecular weight excluding hydrogens is 245 g/mol. The van der Waals surface area contributed by atoms with E-state index in [9.17, 15) is 18.0 Å². The van der Waals surface area contributed by atoms with E-state index < -0.39 is 17.5 Å². The SMILES string of the molecule is CC(=O)c1nc(C)c2cccc(C(F)(F)F)c2n1. The van der Waals surface area contributed by atoms with Gasteiger partial charge in [-0.05, 0) is 13.0 Å². The Labute approximate surface area is 101 Å². The molecule has 1 aromatic carbocycles. The van der Waals surface area contributed by atoms with Gasteiger partial charge in [0.05, 0.1) is 11.1 Å². The predicted molar refractivity (Wildman–Crippen MR) is 59.3 cm³/mol. The van der Waals surface area contributed by atoms with Crippen molar-refractivity contribution in [1.29, 1.82) is 0 Å². The number of fused-ring (bicyclic) bond motifs is 1. The molecule has 0 saturated carbocycles. The lowest BCUT2D eigenvalue weighted by molar-refractivity contribution is -0.136. The lowest BCUT2D eigenvalue weighted by Crippen LogP contribution is -2.10. The molecule has 0 bridgehead atoms. The molecule has 0 atom stereocenters. The highest BCUT2D eigenvalue weighted by Crippen LogP contribution is 2.34. The van der Waals surface area contributed by atoms with Crippen molar-refractivity contribution in [2.24, 2.45) is 0 Å². The fourth-order valence-electron chi connectivity index (χ4n) is 1.69. The molecule has 0 saturated heterocycles. The summed E-state index contributed by atoms with van der Waals surface area (Å²) < 4.78 is 38.5. The van der Waals surface area contributed by atoms with Gasteiger partial charge in [0, 0.05) is 18.0 Å². The Hall–Kier alpha value is -1.98. The number of halogens is 3. The molecule has 0 aliphatic heterocycles. The number of nitrogens with zero attached hydrogens (tertiary/aromatic N) is 2. The molecule has 1 heterocycles. The highest BCUT2D eigenvalue weighted by Gasteiger charge is 2.33. The number of aryl methyl sites for hydroxylation is 1. The van der Waals surface area contributed by atoms with Crippen molar-refractivity contribution in [1.82, 2.24) is 9.97 Å². The summed E-state index contributed by atoms with van der Waals surface area (Å²) in [5.74, 6) is -0.659. The average Bonchev–Trinajstić information content (AvgIpc) is 2.26. The van der Waals surface area contributed by atoms with Crippen LogP contribution in [0, 0.1) is 6.92 Å². The standard InChI is InChI=1S/C12H9F3N2O/c1-6-8-4-3-5-9(12(13,14)15)10(8)17-11(16-6)7(2)18/h3-5H,1-2H3. The van der Waals surface area contributed by atoms with Crippen LogP contribution < -0.4 is 0 Å². The summed E-state index contributed by atoms with van der Waals surface area (Å²) in [5.41, 5.74) is -0.730. The Morgan fingerprint density at radius 2 is 1.89 bits per heavy atom. The second-order valence-corrected chi connectivity index (χ2v) is 3.89. The van der Waals surface area contributed by atoms with E-state index in [2.05, 4.69) is 9.97 Å². The molecule has 1 aromatic heterocycles.